The second kappa shape index (κ2) is 6.58. The Hall–Kier alpha value is -2.08. The molecule has 0 saturated heterocycles. The highest BCUT2D eigenvalue weighted by atomic mass is 19.4. The highest BCUT2D eigenvalue weighted by Crippen LogP contribution is 2.35. The van der Waals surface area contributed by atoms with Gasteiger partial charge < -0.3 is 10.3 Å². The van der Waals surface area contributed by atoms with Crippen LogP contribution in [0.5, 0.6) is 0 Å². The van der Waals surface area contributed by atoms with Gasteiger partial charge in [0.1, 0.15) is 0 Å². The quantitative estimate of drug-likeness (QED) is 0.863. The van der Waals surface area contributed by atoms with Gasteiger partial charge in [0.25, 0.3) is 0 Å². The summed E-state index contributed by atoms with van der Waals surface area (Å²) in [5, 5.41) is 0. The number of nitrogens with two attached hydrogens (primary N) is 1. The smallest absolute Gasteiger partial charge is 0.333 e. The van der Waals surface area contributed by atoms with Crippen LogP contribution in [0.2, 0.25) is 0 Å². The molecule has 0 aliphatic rings. The molecule has 0 amide bonds. The standard InChI is InChI=1S/C14H12F3NO.CH5N/c1-9-7-11(8-19)10(2)18(9)13-6-4-3-5-12(13)14(15,16)17;1-2/h3-8H,1-2H3;2H2,1H3. The van der Waals surface area contributed by atoms with Crippen molar-refractivity contribution in [3.8, 4) is 5.69 Å². The lowest BCUT2D eigenvalue weighted by Gasteiger charge is -2.16. The van der Waals surface area contributed by atoms with Gasteiger partial charge in [0, 0.05) is 17.0 Å². The Morgan fingerprint density at radius 1 is 1.14 bits per heavy atom. The highest BCUT2D eigenvalue weighted by molar-refractivity contribution is 5.77. The number of alkyl halides is 3. The van der Waals surface area contributed by atoms with Crippen molar-refractivity contribution in [2.24, 2.45) is 5.73 Å². The van der Waals surface area contributed by atoms with Crippen LogP contribution in [0.3, 0.4) is 0 Å². The number of halogens is 3. The van der Waals surface area contributed by atoms with Gasteiger partial charge in [-0.05, 0) is 39.1 Å². The van der Waals surface area contributed by atoms with E-state index in [2.05, 4.69) is 5.73 Å². The molecule has 1 heterocycles. The van der Waals surface area contributed by atoms with Crippen molar-refractivity contribution in [1.29, 1.82) is 0 Å². The zero-order chi connectivity index (χ0) is 16.2. The fraction of sp³-hybridized carbons (Fsp3) is 0.267. The fourth-order valence-electron chi connectivity index (χ4n) is 2.19. The van der Waals surface area contributed by atoms with Crippen molar-refractivity contribution in [2.45, 2.75) is 20.0 Å². The van der Waals surface area contributed by atoms with E-state index in [1.54, 1.807) is 26.0 Å². The molecule has 2 rings (SSSR count). The molecule has 3 nitrogen and oxygen atoms in total. The number of rotatable bonds is 2. The Morgan fingerprint density at radius 2 is 1.71 bits per heavy atom. The van der Waals surface area contributed by atoms with Crippen LogP contribution in [0.25, 0.3) is 5.69 Å². The van der Waals surface area contributed by atoms with E-state index in [0.717, 1.165) is 6.07 Å². The third-order valence-corrected chi connectivity index (χ3v) is 3.05. The lowest BCUT2D eigenvalue weighted by Crippen LogP contribution is -2.12. The number of carbonyl (C=O) groups excluding carboxylic acids is 1. The molecule has 0 bridgehead atoms. The second-order valence-electron chi connectivity index (χ2n) is 4.29. The molecule has 0 aliphatic heterocycles. The van der Waals surface area contributed by atoms with E-state index in [0.29, 0.717) is 23.2 Å². The summed E-state index contributed by atoms with van der Waals surface area (Å²) in [5.74, 6) is 0. The summed E-state index contributed by atoms with van der Waals surface area (Å²) in [5.41, 5.74) is 5.32. The van der Waals surface area contributed by atoms with Gasteiger partial charge in [0.05, 0.1) is 11.3 Å². The molecule has 0 radical (unpaired) electrons. The monoisotopic (exact) mass is 298 g/mol. The van der Waals surface area contributed by atoms with Gasteiger partial charge in [-0.2, -0.15) is 13.2 Å². The first-order chi connectivity index (χ1) is 9.86. The normalized spacial score (nSPS) is 10.8. The van der Waals surface area contributed by atoms with Crippen LogP contribution in [0, 0.1) is 13.8 Å². The SMILES string of the molecule is CN.Cc1cc(C=O)c(C)n1-c1ccccc1C(F)(F)F. The molecule has 2 N–H and O–H groups in total. The summed E-state index contributed by atoms with van der Waals surface area (Å²) in [6.45, 7) is 3.30. The van der Waals surface area contributed by atoms with Crippen molar-refractivity contribution in [3.05, 3.63) is 52.8 Å². The molecule has 1 aromatic heterocycles. The minimum absolute atomic E-state index is 0.0399. The van der Waals surface area contributed by atoms with Gasteiger partial charge in [-0.15, -0.1) is 0 Å². The van der Waals surface area contributed by atoms with E-state index in [1.807, 2.05) is 0 Å². The molecule has 21 heavy (non-hydrogen) atoms. The Labute approximate surface area is 121 Å². The zero-order valence-electron chi connectivity index (χ0n) is 12.0. The molecule has 0 aliphatic carbocycles. The Balaban J connectivity index is 0.00000106. The lowest BCUT2D eigenvalue weighted by molar-refractivity contribution is -0.137. The van der Waals surface area contributed by atoms with Crippen molar-refractivity contribution in [1.82, 2.24) is 4.57 Å². The lowest BCUT2D eigenvalue weighted by atomic mass is 10.1. The number of benzene rings is 1. The van der Waals surface area contributed by atoms with Crippen LogP contribution in [-0.2, 0) is 6.18 Å². The number of aryl methyl sites for hydroxylation is 1. The maximum Gasteiger partial charge on any atom is 0.418 e. The van der Waals surface area contributed by atoms with E-state index >= 15 is 0 Å². The summed E-state index contributed by atoms with van der Waals surface area (Å²) in [6, 6.07) is 6.91. The summed E-state index contributed by atoms with van der Waals surface area (Å²) < 4.78 is 40.5. The van der Waals surface area contributed by atoms with Crippen LogP contribution in [0.1, 0.15) is 27.3 Å². The number of hydrogen-bond acceptors (Lipinski definition) is 2. The Bertz CT molecular complexity index is 630. The molecule has 0 atom stereocenters. The average Bonchev–Trinajstić information content (AvgIpc) is 2.74. The van der Waals surface area contributed by atoms with E-state index < -0.39 is 11.7 Å². The van der Waals surface area contributed by atoms with Crippen LogP contribution < -0.4 is 5.73 Å². The molecule has 0 spiro atoms. The van der Waals surface area contributed by atoms with Crippen LogP contribution >= 0.6 is 0 Å². The number of aromatic nitrogens is 1. The number of nitrogens with zero attached hydrogens (tertiary/aromatic N) is 1. The molecular formula is C15H17F3N2O. The Morgan fingerprint density at radius 3 is 2.19 bits per heavy atom. The maximum absolute atomic E-state index is 13.0. The first kappa shape index (κ1) is 17.0. The van der Waals surface area contributed by atoms with Gasteiger partial charge in [-0.1, -0.05) is 12.1 Å². The van der Waals surface area contributed by atoms with E-state index in [-0.39, 0.29) is 5.69 Å². The van der Waals surface area contributed by atoms with Crippen molar-refractivity contribution < 1.29 is 18.0 Å². The van der Waals surface area contributed by atoms with E-state index in [9.17, 15) is 18.0 Å². The van der Waals surface area contributed by atoms with Crippen molar-refractivity contribution in [2.75, 3.05) is 7.05 Å². The number of hydrogen-bond donors (Lipinski definition) is 1. The van der Waals surface area contributed by atoms with E-state index in [4.69, 9.17) is 0 Å². The van der Waals surface area contributed by atoms with Gasteiger partial charge in [0.15, 0.2) is 6.29 Å². The number of para-hydroxylation sites is 1. The van der Waals surface area contributed by atoms with Crippen molar-refractivity contribution in [3.63, 3.8) is 0 Å². The molecule has 6 heteroatoms. The summed E-state index contributed by atoms with van der Waals surface area (Å²) in [7, 11) is 1.50. The van der Waals surface area contributed by atoms with Gasteiger partial charge in [-0.25, -0.2) is 0 Å². The van der Waals surface area contributed by atoms with Crippen LogP contribution in [0.15, 0.2) is 30.3 Å². The topological polar surface area (TPSA) is 48.0 Å². The highest BCUT2D eigenvalue weighted by Gasteiger charge is 2.34. The van der Waals surface area contributed by atoms with Gasteiger partial charge in [-0.3, -0.25) is 4.79 Å². The van der Waals surface area contributed by atoms with Gasteiger partial charge in [0.2, 0.25) is 0 Å². The molecular weight excluding hydrogens is 281 g/mol. The van der Waals surface area contributed by atoms with E-state index in [1.165, 1.54) is 23.7 Å². The van der Waals surface area contributed by atoms with Gasteiger partial charge >= 0.3 is 6.18 Å². The average molecular weight is 298 g/mol. The third kappa shape index (κ3) is 3.33. The van der Waals surface area contributed by atoms with Crippen molar-refractivity contribution >= 4 is 6.29 Å². The summed E-state index contributed by atoms with van der Waals surface area (Å²) >= 11 is 0. The predicted octanol–water partition coefficient (Wildman–Crippen LogP) is 3.50. The molecule has 1 aromatic carbocycles. The molecule has 2 aromatic rings. The first-order valence-corrected chi connectivity index (χ1v) is 6.24. The Kier molecular flexibility index (Phi) is 5.32. The molecule has 114 valence electrons. The predicted molar refractivity (Wildman–Crippen MR) is 75.7 cm³/mol. The first-order valence-electron chi connectivity index (χ1n) is 6.24. The van der Waals surface area contributed by atoms with Crippen LogP contribution in [0.4, 0.5) is 13.2 Å². The maximum atomic E-state index is 13.0. The number of carbonyl (C=O) groups is 1. The van der Waals surface area contributed by atoms with Crippen LogP contribution in [-0.4, -0.2) is 17.9 Å². The fourth-order valence-corrected chi connectivity index (χ4v) is 2.19. The minimum atomic E-state index is -4.43. The zero-order valence-corrected chi connectivity index (χ0v) is 12.0. The summed E-state index contributed by atoms with van der Waals surface area (Å²) in [6.07, 6.45) is -3.78. The molecule has 0 unspecified atom stereocenters. The summed E-state index contributed by atoms with van der Waals surface area (Å²) in [4.78, 5) is 10.9. The molecule has 0 fully saturated rings. The molecule has 0 saturated carbocycles. The second-order valence-corrected chi connectivity index (χ2v) is 4.29. The number of aldehydes is 1. The minimum Gasteiger partial charge on any atom is -0.333 e. The third-order valence-electron chi connectivity index (χ3n) is 3.05. The largest absolute Gasteiger partial charge is 0.418 e.